The Hall–Kier alpha value is -0.690. The van der Waals surface area contributed by atoms with Gasteiger partial charge >= 0.3 is 5.97 Å². The Morgan fingerprint density at radius 3 is 2.67 bits per heavy atom. The minimum absolute atomic E-state index is 0.0253. The van der Waals surface area contributed by atoms with E-state index in [1.54, 1.807) is 11.8 Å². The van der Waals surface area contributed by atoms with Crippen molar-refractivity contribution in [3.8, 4) is 0 Å². The Balaban J connectivity index is 2.96. The molecule has 0 fully saturated rings. The Kier molecular flexibility index (Phi) is 6.56. The van der Waals surface area contributed by atoms with Gasteiger partial charge in [-0.1, -0.05) is 25.6 Å². The summed E-state index contributed by atoms with van der Waals surface area (Å²) in [6.07, 6.45) is 3.88. The van der Waals surface area contributed by atoms with Crippen molar-refractivity contribution >= 4 is 29.5 Å². The van der Waals surface area contributed by atoms with E-state index in [0.29, 0.717) is 6.04 Å². The number of aromatic nitrogens is 3. The lowest BCUT2D eigenvalue weighted by molar-refractivity contribution is -0.133. The van der Waals surface area contributed by atoms with Crippen LogP contribution in [0.4, 0.5) is 0 Å². The van der Waals surface area contributed by atoms with E-state index in [2.05, 4.69) is 27.9 Å². The first-order valence-electron chi connectivity index (χ1n) is 5.91. The summed E-state index contributed by atoms with van der Waals surface area (Å²) in [4.78, 5) is 10.6. The molecule has 5 nitrogen and oxygen atoms in total. The predicted octanol–water partition coefficient (Wildman–Crippen LogP) is 2.33. The number of nitrogens with zero attached hydrogens (tertiary/aromatic N) is 3. The normalized spacial score (nSPS) is 12.6. The lowest BCUT2D eigenvalue weighted by Gasteiger charge is -2.19. The second-order valence-corrected chi connectivity index (χ2v) is 5.68. The van der Waals surface area contributed by atoms with Gasteiger partial charge in [-0.15, -0.1) is 10.2 Å². The molecule has 7 heteroatoms. The number of carboxylic acid groups (broad SMARTS) is 1. The fraction of sp³-hybridized carbons (Fsp3) is 0.727. The van der Waals surface area contributed by atoms with Gasteiger partial charge in [0.15, 0.2) is 5.16 Å². The second kappa shape index (κ2) is 7.68. The van der Waals surface area contributed by atoms with Crippen LogP contribution in [0.1, 0.15) is 32.1 Å². The number of rotatable bonds is 8. The average Bonchev–Trinajstić information content (AvgIpc) is 2.76. The maximum Gasteiger partial charge on any atom is 0.313 e. The maximum absolute atomic E-state index is 10.6. The summed E-state index contributed by atoms with van der Waals surface area (Å²) in [5.41, 5.74) is 0. The van der Waals surface area contributed by atoms with Gasteiger partial charge in [-0.05, 0) is 12.7 Å². The number of aliphatic carboxylic acids is 1. The van der Waals surface area contributed by atoms with Crippen molar-refractivity contribution in [2.24, 2.45) is 0 Å². The number of hydrogen-bond acceptors (Lipinski definition) is 5. The lowest BCUT2D eigenvalue weighted by Crippen LogP contribution is -2.15. The largest absolute Gasteiger partial charge is 0.481 e. The van der Waals surface area contributed by atoms with Crippen molar-refractivity contribution in [2.75, 3.05) is 17.8 Å². The number of carboxylic acids is 1. The van der Waals surface area contributed by atoms with Crippen molar-refractivity contribution in [1.82, 2.24) is 14.8 Å². The minimum atomic E-state index is -0.828. The van der Waals surface area contributed by atoms with Gasteiger partial charge in [0.1, 0.15) is 5.82 Å². The van der Waals surface area contributed by atoms with Crippen LogP contribution in [-0.4, -0.2) is 43.6 Å². The average molecular weight is 289 g/mol. The van der Waals surface area contributed by atoms with Gasteiger partial charge < -0.3 is 9.67 Å². The molecule has 0 amide bonds. The molecule has 0 aromatic carbocycles. The summed E-state index contributed by atoms with van der Waals surface area (Å²) in [7, 11) is 0. The Labute approximate surface area is 116 Å². The zero-order valence-electron chi connectivity index (χ0n) is 10.9. The van der Waals surface area contributed by atoms with Crippen LogP contribution in [0.3, 0.4) is 0 Å². The standard InChI is InChI=1S/C11H19N3O2S2/c1-4-8(6-17-3)14-9(5-2)12-13-11(14)18-7-10(15)16/h8H,4-7H2,1-3H3,(H,15,16). The van der Waals surface area contributed by atoms with Crippen molar-refractivity contribution in [3.63, 3.8) is 0 Å². The highest BCUT2D eigenvalue weighted by Crippen LogP contribution is 2.26. The third-order valence-electron chi connectivity index (χ3n) is 2.57. The molecule has 0 saturated heterocycles. The van der Waals surface area contributed by atoms with E-state index in [4.69, 9.17) is 5.11 Å². The highest BCUT2D eigenvalue weighted by molar-refractivity contribution is 7.99. The fourth-order valence-corrected chi connectivity index (χ4v) is 3.22. The summed E-state index contributed by atoms with van der Waals surface area (Å²) < 4.78 is 2.10. The first-order valence-corrected chi connectivity index (χ1v) is 8.29. The van der Waals surface area contributed by atoms with Crippen LogP contribution in [0.15, 0.2) is 5.16 Å². The minimum Gasteiger partial charge on any atom is -0.481 e. The van der Waals surface area contributed by atoms with Crippen LogP contribution in [0.2, 0.25) is 0 Å². The van der Waals surface area contributed by atoms with E-state index in [-0.39, 0.29) is 5.75 Å². The van der Waals surface area contributed by atoms with E-state index >= 15 is 0 Å². The van der Waals surface area contributed by atoms with Crippen LogP contribution in [0, 0.1) is 0 Å². The van der Waals surface area contributed by atoms with Crippen LogP contribution in [0.25, 0.3) is 0 Å². The zero-order valence-corrected chi connectivity index (χ0v) is 12.6. The molecular formula is C11H19N3O2S2. The Bertz CT molecular complexity index is 396. The van der Waals surface area contributed by atoms with Gasteiger partial charge in [-0.2, -0.15) is 11.8 Å². The van der Waals surface area contributed by atoms with Gasteiger partial charge in [-0.3, -0.25) is 4.79 Å². The smallest absolute Gasteiger partial charge is 0.313 e. The monoisotopic (exact) mass is 289 g/mol. The Morgan fingerprint density at radius 1 is 1.44 bits per heavy atom. The molecule has 1 aromatic rings. The van der Waals surface area contributed by atoms with Crippen molar-refractivity contribution < 1.29 is 9.90 Å². The molecule has 0 radical (unpaired) electrons. The lowest BCUT2D eigenvalue weighted by atomic mass is 10.2. The molecule has 1 rings (SSSR count). The molecule has 0 aliphatic carbocycles. The Morgan fingerprint density at radius 2 is 2.17 bits per heavy atom. The molecule has 1 atom stereocenters. The molecular weight excluding hydrogens is 270 g/mol. The van der Waals surface area contributed by atoms with Gasteiger partial charge in [0.25, 0.3) is 0 Å². The molecule has 18 heavy (non-hydrogen) atoms. The zero-order chi connectivity index (χ0) is 13.5. The summed E-state index contributed by atoms with van der Waals surface area (Å²) >= 11 is 3.02. The summed E-state index contributed by atoms with van der Waals surface area (Å²) in [6, 6.07) is 0.334. The molecule has 102 valence electrons. The highest BCUT2D eigenvalue weighted by Gasteiger charge is 2.19. The van der Waals surface area contributed by atoms with Crippen LogP contribution in [0.5, 0.6) is 0 Å². The first-order chi connectivity index (χ1) is 8.63. The second-order valence-electron chi connectivity index (χ2n) is 3.82. The van der Waals surface area contributed by atoms with E-state index < -0.39 is 5.97 Å². The maximum atomic E-state index is 10.6. The molecule has 0 saturated carbocycles. The summed E-state index contributed by atoms with van der Waals surface area (Å²) in [5.74, 6) is 1.12. The predicted molar refractivity (Wildman–Crippen MR) is 75.5 cm³/mol. The van der Waals surface area contributed by atoms with E-state index in [0.717, 1.165) is 29.6 Å². The number of hydrogen-bond donors (Lipinski definition) is 1. The molecule has 1 unspecified atom stereocenters. The summed E-state index contributed by atoms with van der Waals surface area (Å²) in [6.45, 7) is 4.17. The SMILES string of the molecule is CCc1nnc(SCC(=O)O)n1C(CC)CSC. The molecule has 0 bridgehead atoms. The van der Waals surface area contributed by atoms with E-state index in [1.807, 2.05) is 6.92 Å². The highest BCUT2D eigenvalue weighted by atomic mass is 32.2. The van der Waals surface area contributed by atoms with Crippen LogP contribution in [-0.2, 0) is 11.2 Å². The first kappa shape index (κ1) is 15.4. The van der Waals surface area contributed by atoms with Crippen molar-refractivity contribution in [2.45, 2.75) is 37.9 Å². The third kappa shape index (κ3) is 3.91. The molecule has 1 heterocycles. The van der Waals surface area contributed by atoms with E-state index in [1.165, 1.54) is 11.8 Å². The van der Waals surface area contributed by atoms with Crippen molar-refractivity contribution in [3.05, 3.63) is 5.82 Å². The summed E-state index contributed by atoms with van der Waals surface area (Å²) in [5, 5.41) is 17.7. The molecule has 0 aliphatic rings. The number of thioether (sulfide) groups is 2. The van der Waals surface area contributed by atoms with E-state index in [9.17, 15) is 4.79 Å². The quantitative estimate of drug-likeness (QED) is 0.741. The van der Waals surface area contributed by atoms with Gasteiger partial charge in [0, 0.05) is 18.2 Å². The molecule has 1 N–H and O–H groups in total. The third-order valence-corrected chi connectivity index (χ3v) is 4.22. The fourth-order valence-electron chi connectivity index (χ4n) is 1.71. The van der Waals surface area contributed by atoms with Crippen molar-refractivity contribution in [1.29, 1.82) is 0 Å². The van der Waals surface area contributed by atoms with Crippen LogP contribution < -0.4 is 0 Å². The molecule has 0 spiro atoms. The molecule has 0 aliphatic heterocycles. The number of carbonyl (C=O) groups is 1. The number of aryl methyl sites for hydroxylation is 1. The van der Waals surface area contributed by atoms with Gasteiger partial charge in [0.2, 0.25) is 0 Å². The van der Waals surface area contributed by atoms with Crippen LogP contribution >= 0.6 is 23.5 Å². The topological polar surface area (TPSA) is 68.0 Å². The van der Waals surface area contributed by atoms with Gasteiger partial charge in [0.05, 0.1) is 5.75 Å². The molecule has 1 aromatic heterocycles. The van der Waals surface area contributed by atoms with Gasteiger partial charge in [-0.25, -0.2) is 0 Å².